The Morgan fingerprint density at radius 2 is 2.09 bits per heavy atom. The van der Waals surface area contributed by atoms with E-state index in [4.69, 9.17) is 0 Å². The lowest BCUT2D eigenvalue weighted by Gasteiger charge is -2.31. The van der Waals surface area contributed by atoms with Crippen LogP contribution in [0.2, 0.25) is 0 Å². The normalized spacial score (nSPS) is 38.6. The second kappa shape index (κ2) is 3.40. The van der Waals surface area contributed by atoms with Crippen LogP contribution in [0.4, 0.5) is 0 Å². The summed E-state index contributed by atoms with van der Waals surface area (Å²) in [5.41, 5.74) is 1.14. The number of hydrogen-bond acceptors (Lipinski definition) is 1. The Morgan fingerprint density at radius 1 is 1.45 bits per heavy atom. The van der Waals surface area contributed by atoms with Gasteiger partial charge in [-0.15, -0.1) is 0 Å². The van der Waals surface area contributed by atoms with Crippen LogP contribution < -0.4 is 0 Å². The van der Waals surface area contributed by atoms with Gasteiger partial charge in [0, 0.05) is 5.92 Å². The molecule has 1 heteroatoms. The van der Waals surface area contributed by atoms with E-state index in [1.54, 1.807) is 0 Å². The lowest BCUT2D eigenvalue weighted by molar-refractivity contribution is 0.0656. The second-order valence-corrected chi connectivity index (χ2v) is 3.94. The monoisotopic (exact) mass is 154 g/mol. The van der Waals surface area contributed by atoms with Crippen molar-refractivity contribution in [1.29, 1.82) is 0 Å². The molecule has 0 saturated heterocycles. The Bertz CT molecular complexity index is 151. The van der Waals surface area contributed by atoms with Crippen LogP contribution in [0.25, 0.3) is 0 Å². The van der Waals surface area contributed by atoms with Crippen molar-refractivity contribution in [3.8, 4) is 0 Å². The molecule has 1 aliphatic rings. The summed E-state index contributed by atoms with van der Waals surface area (Å²) in [7, 11) is 0. The molecule has 2 unspecified atom stereocenters. The van der Waals surface area contributed by atoms with Crippen LogP contribution in [-0.4, -0.2) is 11.2 Å². The first-order valence-electron chi connectivity index (χ1n) is 4.44. The molecule has 0 radical (unpaired) electrons. The van der Waals surface area contributed by atoms with Gasteiger partial charge in [0.05, 0.1) is 6.10 Å². The molecule has 1 rings (SSSR count). The van der Waals surface area contributed by atoms with Gasteiger partial charge in [0.1, 0.15) is 0 Å². The summed E-state index contributed by atoms with van der Waals surface area (Å²) in [6.07, 6.45) is 3.19. The van der Waals surface area contributed by atoms with E-state index < -0.39 is 0 Å². The molecular formula is C10H18O. The summed E-state index contributed by atoms with van der Waals surface area (Å²) in [4.78, 5) is 0. The van der Waals surface area contributed by atoms with Gasteiger partial charge in [-0.2, -0.15) is 0 Å². The third-order valence-corrected chi connectivity index (χ3v) is 2.71. The van der Waals surface area contributed by atoms with E-state index in [9.17, 15) is 5.11 Å². The van der Waals surface area contributed by atoms with Gasteiger partial charge >= 0.3 is 0 Å². The van der Waals surface area contributed by atoms with Crippen molar-refractivity contribution >= 4 is 0 Å². The largest absolute Gasteiger partial charge is 0.392 e. The highest BCUT2D eigenvalue weighted by molar-refractivity contribution is 5.01. The number of hydrogen-bond donors (Lipinski definition) is 1. The van der Waals surface area contributed by atoms with E-state index in [-0.39, 0.29) is 6.10 Å². The summed E-state index contributed by atoms with van der Waals surface area (Å²) in [5, 5.41) is 9.65. The first kappa shape index (κ1) is 8.79. The third-order valence-electron chi connectivity index (χ3n) is 2.71. The zero-order chi connectivity index (χ0) is 8.43. The van der Waals surface area contributed by atoms with Crippen molar-refractivity contribution in [2.75, 3.05) is 0 Å². The van der Waals surface area contributed by atoms with Crippen LogP contribution in [0.1, 0.15) is 33.1 Å². The van der Waals surface area contributed by atoms with E-state index in [0.29, 0.717) is 11.8 Å². The first-order chi connectivity index (χ1) is 5.11. The van der Waals surface area contributed by atoms with Crippen LogP contribution in [0.3, 0.4) is 0 Å². The molecule has 1 nitrogen and oxygen atoms in total. The van der Waals surface area contributed by atoms with Gasteiger partial charge in [-0.05, 0) is 32.1 Å². The van der Waals surface area contributed by atoms with Crippen molar-refractivity contribution in [2.24, 2.45) is 11.8 Å². The molecule has 0 bridgehead atoms. The highest BCUT2D eigenvalue weighted by Gasteiger charge is 2.26. The maximum Gasteiger partial charge on any atom is 0.0607 e. The van der Waals surface area contributed by atoms with E-state index in [0.717, 1.165) is 18.4 Å². The van der Waals surface area contributed by atoms with Crippen LogP contribution in [0, 0.1) is 11.8 Å². The van der Waals surface area contributed by atoms with Crippen molar-refractivity contribution in [1.82, 2.24) is 0 Å². The molecule has 64 valence electrons. The highest BCUT2D eigenvalue weighted by atomic mass is 16.3. The minimum atomic E-state index is -0.128. The minimum absolute atomic E-state index is 0.128. The van der Waals surface area contributed by atoms with Gasteiger partial charge in [0.15, 0.2) is 0 Å². The molecule has 0 amide bonds. The quantitative estimate of drug-likeness (QED) is 0.575. The standard InChI is InChI=1S/C10H18O/c1-7(2)9-5-4-8(3)6-10(9)11/h8-11H,1,4-6H2,2-3H3/t8-,9?,10?/m0/s1. The maximum absolute atomic E-state index is 9.65. The van der Waals surface area contributed by atoms with Gasteiger partial charge in [-0.1, -0.05) is 19.1 Å². The molecule has 0 spiro atoms. The van der Waals surface area contributed by atoms with E-state index >= 15 is 0 Å². The zero-order valence-electron chi connectivity index (χ0n) is 7.51. The SMILES string of the molecule is C=C(C)C1CC[C@H](C)CC1O. The van der Waals surface area contributed by atoms with Crippen LogP contribution in [0.5, 0.6) is 0 Å². The van der Waals surface area contributed by atoms with Gasteiger partial charge in [0.2, 0.25) is 0 Å². The molecule has 0 aromatic rings. The Morgan fingerprint density at radius 3 is 2.55 bits per heavy atom. The summed E-state index contributed by atoms with van der Waals surface area (Å²) in [6, 6.07) is 0. The average Bonchev–Trinajstić information content (AvgIpc) is 1.85. The summed E-state index contributed by atoms with van der Waals surface area (Å²) in [5.74, 6) is 1.06. The lowest BCUT2D eigenvalue weighted by atomic mass is 9.78. The molecule has 0 aromatic carbocycles. The maximum atomic E-state index is 9.65. The van der Waals surface area contributed by atoms with Gasteiger partial charge in [-0.3, -0.25) is 0 Å². The molecule has 1 fully saturated rings. The smallest absolute Gasteiger partial charge is 0.0607 e. The van der Waals surface area contributed by atoms with E-state index in [1.165, 1.54) is 6.42 Å². The number of rotatable bonds is 1. The van der Waals surface area contributed by atoms with Crippen molar-refractivity contribution < 1.29 is 5.11 Å². The van der Waals surface area contributed by atoms with Crippen molar-refractivity contribution in [2.45, 2.75) is 39.2 Å². The summed E-state index contributed by atoms with van der Waals surface area (Å²) < 4.78 is 0. The number of aliphatic hydroxyl groups excluding tert-OH is 1. The second-order valence-electron chi connectivity index (χ2n) is 3.94. The molecule has 0 aromatic heterocycles. The highest BCUT2D eigenvalue weighted by Crippen LogP contribution is 2.32. The predicted molar refractivity (Wildman–Crippen MR) is 47.3 cm³/mol. The molecule has 1 N–H and O–H groups in total. The Labute approximate surface area is 69.1 Å². The summed E-state index contributed by atoms with van der Waals surface area (Å²) in [6.45, 7) is 8.12. The number of aliphatic hydroxyl groups is 1. The van der Waals surface area contributed by atoms with Gasteiger partial charge < -0.3 is 5.11 Å². The minimum Gasteiger partial charge on any atom is -0.392 e. The fraction of sp³-hybridized carbons (Fsp3) is 0.800. The predicted octanol–water partition coefficient (Wildman–Crippen LogP) is 2.36. The molecule has 1 saturated carbocycles. The molecule has 3 atom stereocenters. The Hall–Kier alpha value is -0.300. The van der Waals surface area contributed by atoms with E-state index in [2.05, 4.69) is 13.5 Å². The Balaban J connectivity index is 2.50. The van der Waals surface area contributed by atoms with Gasteiger partial charge in [0.25, 0.3) is 0 Å². The molecule has 11 heavy (non-hydrogen) atoms. The van der Waals surface area contributed by atoms with Crippen molar-refractivity contribution in [3.63, 3.8) is 0 Å². The molecule has 0 heterocycles. The average molecular weight is 154 g/mol. The van der Waals surface area contributed by atoms with Crippen LogP contribution >= 0.6 is 0 Å². The summed E-state index contributed by atoms with van der Waals surface area (Å²) >= 11 is 0. The fourth-order valence-electron chi connectivity index (χ4n) is 1.93. The third kappa shape index (κ3) is 2.06. The lowest BCUT2D eigenvalue weighted by Crippen LogP contribution is -2.28. The molecule has 0 aliphatic heterocycles. The Kier molecular flexibility index (Phi) is 2.72. The molecular weight excluding hydrogens is 136 g/mol. The zero-order valence-corrected chi connectivity index (χ0v) is 7.51. The topological polar surface area (TPSA) is 20.2 Å². The van der Waals surface area contributed by atoms with Crippen molar-refractivity contribution in [3.05, 3.63) is 12.2 Å². The molecule has 1 aliphatic carbocycles. The van der Waals surface area contributed by atoms with E-state index in [1.807, 2.05) is 6.92 Å². The fourth-order valence-corrected chi connectivity index (χ4v) is 1.93. The first-order valence-corrected chi connectivity index (χ1v) is 4.44. The van der Waals surface area contributed by atoms with Crippen LogP contribution in [0.15, 0.2) is 12.2 Å². The van der Waals surface area contributed by atoms with Crippen LogP contribution in [-0.2, 0) is 0 Å². The van der Waals surface area contributed by atoms with Gasteiger partial charge in [-0.25, -0.2) is 0 Å².